The minimum atomic E-state index is -1.26. The Hall–Kier alpha value is -2.62. The number of para-hydroxylation sites is 1. The van der Waals surface area contributed by atoms with Crippen LogP contribution in [0.2, 0.25) is 0 Å². The molecule has 0 saturated heterocycles. The lowest BCUT2D eigenvalue weighted by molar-refractivity contribution is 0.0693. The highest BCUT2D eigenvalue weighted by atomic mass is 16.4. The van der Waals surface area contributed by atoms with Crippen LogP contribution in [-0.4, -0.2) is 22.0 Å². The van der Waals surface area contributed by atoms with Gasteiger partial charge in [-0.2, -0.15) is 0 Å². The largest absolute Gasteiger partial charge is 0.506 e. The molecule has 0 spiro atoms. The lowest BCUT2D eigenvalue weighted by atomic mass is 10.00. The predicted octanol–water partition coefficient (Wildman–Crippen LogP) is 2.52. The van der Waals surface area contributed by atoms with Crippen LogP contribution < -0.4 is 0 Å². The van der Waals surface area contributed by atoms with Gasteiger partial charge in [0, 0.05) is 6.42 Å². The number of Topliss-reactive ketones (excluding diaryl/α,β-unsaturated/α-hetero) is 1. The van der Waals surface area contributed by atoms with Crippen LogP contribution in [0.3, 0.4) is 0 Å². The van der Waals surface area contributed by atoms with Crippen LogP contribution in [-0.2, 0) is 6.42 Å². The maximum Gasteiger partial charge on any atom is 0.339 e. The zero-order valence-electron chi connectivity index (χ0n) is 10.0. The fourth-order valence-electron chi connectivity index (χ4n) is 1.82. The first-order valence-corrected chi connectivity index (χ1v) is 5.72. The van der Waals surface area contributed by atoms with E-state index in [4.69, 9.17) is 5.11 Å². The van der Waals surface area contributed by atoms with Gasteiger partial charge in [-0.1, -0.05) is 36.4 Å². The third-order valence-electron chi connectivity index (χ3n) is 2.77. The first-order chi connectivity index (χ1) is 9.09. The Morgan fingerprint density at radius 1 is 0.895 bits per heavy atom. The number of ketones is 1. The van der Waals surface area contributed by atoms with Crippen molar-refractivity contribution in [3.05, 3.63) is 65.2 Å². The summed E-state index contributed by atoms with van der Waals surface area (Å²) in [5.41, 5.74) is 0.579. The summed E-state index contributed by atoms with van der Waals surface area (Å²) in [5.74, 6) is -2.05. The third-order valence-corrected chi connectivity index (χ3v) is 2.77. The smallest absolute Gasteiger partial charge is 0.339 e. The van der Waals surface area contributed by atoms with E-state index in [0.29, 0.717) is 0 Å². The summed E-state index contributed by atoms with van der Waals surface area (Å²) in [7, 11) is 0. The van der Waals surface area contributed by atoms with Crippen molar-refractivity contribution >= 4 is 11.8 Å². The van der Waals surface area contributed by atoms with Gasteiger partial charge in [0.25, 0.3) is 0 Å². The molecule has 2 N–H and O–H groups in total. The fourth-order valence-corrected chi connectivity index (χ4v) is 1.82. The van der Waals surface area contributed by atoms with Crippen molar-refractivity contribution in [2.75, 3.05) is 0 Å². The number of carbonyl (C=O) groups is 2. The highest BCUT2D eigenvalue weighted by Crippen LogP contribution is 2.23. The van der Waals surface area contributed by atoms with Gasteiger partial charge in [-0.25, -0.2) is 4.79 Å². The molecule has 2 aromatic rings. The average Bonchev–Trinajstić information content (AvgIpc) is 2.39. The number of phenols is 1. The zero-order chi connectivity index (χ0) is 13.8. The number of carboxylic acid groups (broad SMARTS) is 1. The molecule has 0 fully saturated rings. The summed E-state index contributed by atoms with van der Waals surface area (Å²) < 4.78 is 0. The predicted molar refractivity (Wildman–Crippen MR) is 69.5 cm³/mol. The van der Waals surface area contributed by atoms with Gasteiger partial charge >= 0.3 is 5.97 Å². The van der Waals surface area contributed by atoms with Gasteiger partial charge in [-0.15, -0.1) is 0 Å². The van der Waals surface area contributed by atoms with Crippen molar-refractivity contribution in [2.45, 2.75) is 6.42 Å². The number of aromatic hydroxyl groups is 1. The van der Waals surface area contributed by atoms with E-state index in [1.807, 2.05) is 18.2 Å². The molecule has 4 nitrogen and oxygen atoms in total. The number of aromatic carboxylic acids is 1. The van der Waals surface area contributed by atoms with Crippen LogP contribution in [0.15, 0.2) is 48.5 Å². The van der Waals surface area contributed by atoms with E-state index in [2.05, 4.69) is 0 Å². The van der Waals surface area contributed by atoms with E-state index in [9.17, 15) is 14.7 Å². The second-order valence-electron chi connectivity index (χ2n) is 4.09. The summed E-state index contributed by atoms with van der Waals surface area (Å²) in [6.45, 7) is 0. The molecule has 19 heavy (non-hydrogen) atoms. The van der Waals surface area contributed by atoms with Gasteiger partial charge in [0.1, 0.15) is 11.3 Å². The third kappa shape index (κ3) is 2.80. The standard InChI is InChI=1S/C15H12O4/c16-13(9-10-5-2-1-3-6-10)11-7-4-8-12(14(11)17)15(18)19/h1-8,17H,9H2,(H,18,19). The molecule has 0 aliphatic heterocycles. The molecule has 0 aliphatic rings. The second-order valence-corrected chi connectivity index (χ2v) is 4.09. The van der Waals surface area contributed by atoms with Gasteiger partial charge in [0.05, 0.1) is 5.56 Å². The molecule has 4 heteroatoms. The molecule has 0 unspecified atom stereocenters. The maximum absolute atomic E-state index is 12.1. The molecular weight excluding hydrogens is 244 g/mol. The van der Waals surface area contributed by atoms with Crippen molar-refractivity contribution in [2.24, 2.45) is 0 Å². The van der Waals surface area contributed by atoms with Crippen LogP contribution in [0.5, 0.6) is 5.75 Å². The Kier molecular flexibility index (Phi) is 3.61. The Labute approximate surface area is 109 Å². The van der Waals surface area contributed by atoms with E-state index >= 15 is 0 Å². The van der Waals surface area contributed by atoms with E-state index < -0.39 is 11.7 Å². The first-order valence-electron chi connectivity index (χ1n) is 5.72. The monoisotopic (exact) mass is 256 g/mol. The number of hydrogen-bond acceptors (Lipinski definition) is 3. The molecule has 96 valence electrons. The fraction of sp³-hybridized carbons (Fsp3) is 0.0667. The van der Waals surface area contributed by atoms with Crippen molar-refractivity contribution in [1.29, 1.82) is 0 Å². The molecule has 0 radical (unpaired) electrons. The van der Waals surface area contributed by atoms with Gasteiger partial charge in [0.2, 0.25) is 0 Å². The Morgan fingerprint density at radius 3 is 2.16 bits per heavy atom. The summed E-state index contributed by atoms with van der Waals surface area (Å²) in [4.78, 5) is 22.9. The molecule has 2 aromatic carbocycles. The summed E-state index contributed by atoms with van der Waals surface area (Å²) >= 11 is 0. The summed E-state index contributed by atoms with van der Waals surface area (Å²) in [6.07, 6.45) is 0.122. The minimum absolute atomic E-state index is 0.0313. The normalized spacial score (nSPS) is 10.1. The van der Waals surface area contributed by atoms with Crippen LogP contribution in [0.1, 0.15) is 26.3 Å². The molecule has 0 saturated carbocycles. The van der Waals surface area contributed by atoms with Crippen molar-refractivity contribution in [1.82, 2.24) is 0 Å². The van der Waals surface area contributed by atoms with E-state index in [1.165, 1.54) is 18.2 Å². The lowest BCUT2D eigenvalue weighted by Gasteiger charge is -2.06. The molecule has 0 atom stereocenters. The highest BCUT2D eigenvalue weighted by Gasteiger charge is 2.17. The van der Waals surface area contributed by atoms with Crippen molar-refractivity contribution in [3.8, 4) is 5.75 Å². The number of benzene rings is 2. The number of carbonyl (C=O) groups excluding carboxylic acids is 1. The van der Waals surface area contributed by atoms with Crippen molar-refractivity contribution < 1.29 is 19.8 Å². The van der Waals surface area contributed by atoms with Gasteiger partial charge in [-0.05, 0) is 17.7 Å². The number of hydrogen-bond donors (Lipinski definition) is 2. The summed E-state index contributed by atoms with van der Waals surface area (Å²) in [5, 5.41) is 18.7. The first kappa shape index (κ1) is 12.8. The van der Waals surface area contributed by atoms with Crippen LogP contribution in [0.4, 0.5) is 0 Å². The molecule has 0 heterocycles. The average molecular weight is 256 g/mol. The topological polar surface area (TPSA) is 74.6 Å². The Bertz CT molecular complexity index is 617. The summed E-state index contributed by atoms with van der Waals surface area (Å²) in [6, 6.07) is 13.2. The van der Waals surface area contributed by atoms with Gasteiger partial charge in [0.15, 0.2) is 5.78 Å². The molecular formula is C15H12O4. The van der Waals surface area contributed by atoms with Crippen LogP contribution in [0, 0.1) is 0 Å². The van der Waals surface area contributed by atoms with E-state index in [1.54, 1.807) is 12.1 Å². The van der Waals surface area contributed by atoms with E-state index in [0.717, 1.165) is 5.56 Å². The zero-order valence-corrected chi connectivity index (χ0v) is 10.0. The van der Waals surface area contributed by atoms with E-state index in [-0.39, 0.29) is 23.3 Å². The number of carboxylic acids is 1. The van der Waals surface area contributed by atoms with Crippen molar-refractivity contribution in [3.63, 3.8) is 0 Å². The SMILES string of the molecule is O=C(O)c1cccc(C(=O)Cc2ccccc2)c1O. The van der Waals surface area contributed by atoms with Crippen LogP contribution in [0.25, 0.3) is 0 Å². The maximum atomic E-state index is 12.1. The number of rotatable bonds is 4. The van der Waals surface area contributed by atoms with Crippen LogP contribution >= 0.6 is 0 Å². The highest BCUT2D eigenvalue weighted by molar-refractivity contribution is 6.03. The van der Waals surface area contributed by atoms with Gasteiger partial charge < -0.3 is 10.2 Å². The Balaban J connectivity index is 2.30. The lowest BCUT2D eigenvalue weighted by Crippen LogP contribution is -2.06. The Morgan fingerprint density at radius 2 is 1.53 bits per heavy atom. The molecule has 0 amide bonds. The molecule has 2 rings (SSSR count). The second kappa shape index (κ2) is 5.35. The molecule has 0 aromatic heterocycles. The quantitative estimate of drug-likeness (QED) is 0.824. The van der Waals surface area contributed by atoms with Gasteiger partial charge in [-0.3, -0.25) is 4.79 Å². The molecule has 0 bridgehead atoms. The molecule has 0 aliphatic carbocycles. The minimum Gasteiger partial charge on any atom is -0.506 e.